The van der Waals surface area contributed by atoms with Crippen molar-refractivity contribution in [3.63, 3.8) is 0 Å². The van der Waals surface area contributed by atoms with Crippen molar-refractivity contribution in [1.29, 1.82) is 0 Å². The van der Waals surface area contributed by atoms with Crippen LogP contribution in [0.25, 0.3) is 0 Å². The summed E-state index contributed by atoms with van der Waals surface area (Å²) in [6.45, 7) is 4.56. The van der Waals surface area contributed by atoms with Crippen LogP contribution < -0.4 is 37.1 Å². The maximum atomic E-state index is 13.6. The molecule has 1 fully saturated rings. The number of carbonyl (C=O) groups excluding carboxylic acids is 2. The third kappa shape index (κ3) is 3.68. The lowest BCUT2D eigenvalue weighted by Crippen LogP contribution is -2.90. The summed E-state index contributed by atoms with van der Waals surface area (Å²) >= 11 is 0. The van der Waals surface area contributed by atoms with Gasteiger partial charge in [-0.2, -0.15) is 5.10 Å². The monoisotopic (exact) mass is 553 g/mol. The zero-order chi connectivity index (χ0) is 28.4. The number of guanidine groups is 2. The summed E-state index contributed by atoms with van der Waals surface area (Å²) < 4.78 is 5.89. The molecule has 0 saturated carbocycles. The molecule has 0 aliphatic carbocycles. The Labute approximate surface area is 229 Å². The Balaban J connectivity index is 1.27. The molecule has 11 N–H and O–H groups in total. The van der Waals surface area contributed by atoms with Crippen LogP contribution in [0.15, 0.2) is 35.5 Å². The number of nitrogens with zero attached hydrogens (tertiary/aromatic N) is 3. The first-order chi connectivity index (χ1) is 19.0. The zero-order valence-electron chi connectivity index (χ0n) is 22.1. The lowest BCUT2D eigenvalue weighted by Gasteiger charge is -2.46. The summed E-state index contributed by atoms with van der Waals surface area (Å²) in [4.78, 5) is 35.1. The lowest BCUT2D eigenvalue weighted by atomic mass is 9.79. The van der Waals surface area contributed by atoms with Crippen molar-refractivity contribution in [3.05, 3.63) is 47.3 Å². The second kappa shape index (κ2) is 8.82. The molecule has 1 unspecified atom stereocenters. The van der Waals surface area contributed by atoms with E-state index in [1.807, 2.05) is 6.07 Å². The van der Waals surface area contributed by atoms with E-state index in [0.29, 0.717) is 17.9 Å². The predicted octanol–water partition coefficient (Wildman–Crippen LogP) is -4.25. The van der Waals surface area contributed by atoms with E-state index in [1.165, 1.54) is 17.2 Å². The van der Waals surface area contributed by atoms with Gasteiger partial charge in [-0.25, -0.2) is 10.3 Å². The lowest BCUT2D eigenvalue weighted by molar-refractivity contribution is -0.521. The average molecular weight is 554 g/mol. The van der Waals surface area contributed by atoms with Crippen molar-refractivity contribution in [2.24, 2.45) is 16.5 Å². The van der Waals surface area contributed by atoms with Crippen LogP contribution in [0.3, 0.4) is 0 Å². The van der Waals surface area contributed by atoms with Gasteiger partial charge in [0, 0.05) is 18.3 Å². The number of aromatic amines is 1. The quantitative estimate of drug-likeness (QED) is 0.162. The number of hydrogen-bond donors (Lipinski definition) is 9. The molecule has 1 aromatic carbocycles. The fourth-order valence-corrected chi connectivity index (χ4v) is 6.20. The highest BCUT2D eigenvalue weighted by Crippen LogP contribution is 2.43. The Kier molecular flexibility index (Phi) is 5.71. The zero-order valence-corrected chi connectivity index (χ0v) is 22.1. The molecule has 1 saturated heterocycles. The van der Waals surface area contributed by atoms with Gasteiger partial charge < -0.3 is 31.3 Å². The molecule has 212 valence electrons. The number of nitrogens with two attached hydrogens (primary N) is 2. The summed E-state index contributed by atoms with van der Waals surface area (Å²) in [6.07, 6.45) is 2.26. The Bertz CT molecular complexity index is 1420. The summed E-state index contributed by atoms with van der Waals surface area (Å²) in [5.41, 5.74) is 12.0. The summed E-state index contributed by atoms with van der Waals surface area (Å²) in [6, 6.07) is 4.08. The Morgan fingerprint density at radius 3 is 2.80 bits per heavy atom. The summed E-state index contributed by atoms with van der Waals surface area (Å²) in [7, 11) is 0. The number of para-hydroxylation sites is 1. The number of aliphatic imine (C=N–C) groups is 1. The maximum Gasteiger partial charge on any atom is 0.343 e. The van der Waals surface area contributed by atoms with Crippen molar-refractivity contribution >= 4 is 23.7 Å². The first-order valence-corrected chi connectivity index (χ1v) is 13.0. The largest absolute Gasteiger partial charge is 0.492 e. The van der Waals surface area contributed by atoms with Crippen LogP contribution in [0, 0.1) is 0 Å². The fourth-order valence-electron chi connectivity index (χ4n) is 6.20. The highest BCUT2D eigenvalue weighted by molar-refractivity contribution is 5.98. The van der Waals surface area contributed by atoms with E-state index in [2.05, 4.69) is 50.0 Å². The van der Waals surface area contributed by atoms with Crippen molar-refractivity contribution in [2.45, 2.75) is 55.3 Å². The highest BCUT2D eigenvalue weighted by Gasteiger charge is 2.76. The Morgan fingerprint density at radius 2 is 2.05 bits per heavy atom. The standard InChI is InChI=1S/C25H32N10O5/c1-23(2)7-9-40-17-12(4-3-5-13(17)23)19(36)31-16-11-35-22(27)30-15(10-28-20(37)14-6-8-29-34-14)18-24(35,25(16,38)39)33-21(26)32-18/h3-6,8,15-16,18,38-39H,7,9-11H2,1-2H3,(H2,27,30)(H,28,37)(H,29,34)(H,31,36)(H3,26,32,33)/p+1/t15-,16?,18-,24-/m0/s1. The third-order valence-corrected chi connectivity index (χ3v) is 8.37. The predicted molar refractivity (Wildman–Crippen MR) is 141 cm³/mol. The van der Waals surface area contributed by atoms with Crippen molar-refractivity contribution in [2.75, 3.05) is 19.7 Å². The van der Waals surface area contributed by atoms with Crippen LogP contribution in [0.2, 0.25) is 0 Å². The second-order valence-corrected chi connectivity index (χ2v) is 11.2. The molecule has 15 heteroatoms. The highest BCUT2D eigenvalue weighted by atomic mass is 16.5. The average Bonchev–Trinajstić information content (AvgIpc) is 3.61. The van der Waals surface area contributed by atoms with Gasteiger partial charge in [0.25, 0.3) is 17.5 Å². The first-order valence-electron chi connectivity index (χ1n) is 13.0. The molecule has 4 atom stereocenters. The fraction of sp³-hybridized carbons (Fsp3) is 0.480. The van der Waals surface area contributed by atoms with Gasteiger partial charge in [-0.1, -0.05) is 26.0 Å². The van der Waals surface area contributed by atoms with Crippen LogP contribution in [0.1, 0.15) is 46.7 Å². The van der Waals surface area contributed by atoms with Gasteiger partial charge in [-0.15, -0.1) is 0 Å². The van der Waals surface area contributed by atoms with E-state index in [4.69, 9.17) is 16.2 Å². The number of ether oxygens (including phenoxy) is 1. The molecule has 1 spiro atoms. The van der Waals surface area contributed by atoms with E-state index in [9.17, 15) is 19.8 Å². The van der Waals surface area contributed by atoms with Gasteiger partial charge in [-0.05, 0) is 24.0 Å². The number of nitrogens with one attached hydrogen (secondary N) is 5. The molecule has 5 heterocycles. The van der Waals surface area contributed by atoms with Gasteiger partial charge in [0.2, 0.25) is 5.79 Å². The third-order valence-electron chi connectivity index (χ3n) is 8.37. The van der Waals surface area contributed by atoms with E-state index in [1.54, 1.807) is 12.1 Å². The molecule has 1 aromatic heterocycles. The van der Waals surface area contributed by atoms with Gasteiger partial charge in [-0.3, -0.25) is 30.3 Å². The molecular formula is C25H33N10O5+. The van der Waals surface area contributed by atoms with Crippen LogP contribution in [-0.2, 0) is 5.41 Å². The van der Waals surface area contributed by atoms with Gasteiger partial charge in [0.05, 0.1) is 18.7 Å². The first kappa shape index (κ1) is 25.9. The number of amides is 2. The van der Waals surface area contributed by atoms with Crippen LogP contribution >= 0.6 is 0 Å². The molecule has 2 aromatic rings. The smallest absolute Gasteiger partial charge is 0.343 e. The van der Waals surface area contributed by atoms with Crippen LogP contribution in [0.5, 0.6) is 5.75 Å². The molecule has 2 amide bonds. The summed E-state index contributed by atoms with van der Waals surface area (Å²) in [5, 5.41) is 38.2. The van der Waals surface area contributed by atoms with Crippen LogP contribution in [-0.4, -0.2) is 98.3 Å². The molecule has 0 bridgehead atoms. The number of benzene rings is 1. The summed E-state index contributed by atoms with van der Waals surface area (Å²) in [5.74, 6) is -2.98. The minimum Gasteiger partial charge on any atom is -0.492 e. The van der Waals surface area contributed by atoms with E-state index in [-0.39, 0.29) is 36.1 Å². The number of carbonyl (C=O) groups is 2. The van der Waals surface area contributed by atoms with E-state index < -0.39 is 41.4 Å². The molecule has 15 nitrogen and oxygen atoms in total. The molecule has 4 aliphatic heterocycles. The van der Waals surface area contributed by atoms with Crippen molar-refractivity contribution < 1.29 is 29.5 Å². The normalized spacial score (nSPS) is 29.1. The number of hydrogen-bond acceptors (Lipinski definition) is 11. The minimum absolute atomic E-state index is 0.00283. The molecule has 6 rings (SSSR count). The second-order valence-electron chi connectivity index (χ2n) is 11.2. The number of fused-ring (bicyclic) bond motifs is 1. The SMILES string of the molecule is CC1(C)CCOc2c(C(=O)NC3CN4C(N)=N[C@@H](CNC(=O)c5ccn[nH]5)[C@@H]5[NH+]=C(N)N[C@@]54C3(O)O)cccc21. The number of rotatable bonds is 5. The molecule has 0 radical (unpaired) electrons. The number of H-pyrrole nitrogens is 1. The van der Waals surface area contributed by atoms with E-state index in [0.717, 1.165) is 12.0 Å². The van der Waals surface area contributed by atoms with E-state index >= 15 is 0 Å². The molecule has 4 aliphatic rings. The molecule has 40 heavy (non-hydrogen) atoms. The Hall–Kier alpha value is -4.37. The van der Waals surface area contributed by atoms with Crippen LogP contribution in [0.4, 0.5) is 0 Å². The van der Waals surface area contributed by atoms with Crippen molar-refractivity contribution in [1.82, 2.24) is 31.0 Å². The molecular weight excluding hydrogens is 520 g/mol. The topological polar surface area (TPSA) is 230 Å². The van der Waals surface area contributed by atoms with Gasteiger partial charge in [0.1, 0.15) is 23.5 Å². The number of aromatic nitrogens is 2. The minimum atomic E-state index is -2.58. The van der Waals surface area contributed by atoms with Gasteiger partial charge in [0.15, 0.2) is 12.0 Å². The Morgan fingerprint density at radius 1 is 1.25 bits per heavy atom. The van der Waals surface area contributed by atoms with Gasteiger partial charge >= 0.3 is 5.96 Å². The maximum absolute atomic E-state index is 13.6. The van der Waals surface area contributed by atoms with Crippen molar-refractivity contribution in [3.8, 4) is 5.75 Å². The number of aliphatic hydroxyl groups is 2.